The van der Waals surface area contributed by atoms with Crippen LogP contribution in [0.15, 0.2) is 69.6 Å². The topological polar surface area (TPSA) is 98.3 Å². The number of fused-ring (bicyclic) bond motifs is 1. The first-order chi connectivity index (χ1) is 13.9. The second kappa shape index (κ2) is 7.44. The van der Waals surface area contributed by atoms with Crippen LogP contribution in [-0.2, 0) is 0 Å². The molecule has 0 radical (unpaired) electrons. The van der Waals surface area contributed by atoms with Gasteiger partial charge in [-0.15, -0.1) is 0 Å². The molecule has 9 heteroatoms. The minimum absolute atomic E-state index is 0.117. The number of nitrogens with one attached hydrogen (secondary N) is 1. The first kappa shape index (κ1) is 18.8. The fourth-order valence-electron chi connectivity index (χ4n) is 2.75. The number of hydrogen-bond donors (Lipinski definition) is 1. The molecule has 7 nitrogen and oxygen atoms in total. The minimum Gasteiger partial charge on any atom is -0.436 e. The number of benzene rings is 3. The first-order valence-corrected chi connectivity index (χ1v) is 9.12. The van der Waals surface area contributed by atoms with Crippen LogP contribution in [0, 0.1) is 15.9 Å². The maximum atomic E-state index is 14.0. The van der Waals surface area contributed by atoms with Gasteiger partial charge in [0, 0.05) is 22.3 Å². The van der Waals surface area contributed by atoms with E-state index in [9.17, 15) is 19.3 Å². The fourth-order valence-corrected chi connectivity index (χ4v) is 3.18. The normalized spacial score (nSPS) is 10.8. The molecule has 0 saturated heterocycles. The second-order valence-corrected chi connectivity index (χ2v) is 6.91. The summed E-state index contributed by atoms with van der Waals surface area (Å²) in [5.74, 6) is -0.858. The highest BCUT2D eigenvalue weighted by atomic mass is 79.9. The van der Waals surface area contributed by atoms with Gasteiger partial charge in [0.1, 0.15) is 11.3 Å². The van der Waals surface area contributed by atoms with E-state index >= 15 is 0 Å². The van der Waals surface area contributed by atoms with E-state index in [2.05, 4.69) is 26.2 Å². The highest BCUT2D eigenvalue weighted by molar-refractivity contribution is 9.10. The molecule has 0 bridgehead atoms. The van der Waals surface area contributed by atoms with E-state index in [4.69, 9.17) is 4.42 Å². The van der Waals surface area contributed by atoms with Crippen molar-refractivity contribution < 1.29 is 18.5 Å². The number of halogens is 2. The van der Waals surface area contributed by atoms with Crippen LogP contribution in [0.2, 0.25) is 0 Å². The van der Waals surface area contributed by atoms with E-state index in [-0.39, 0.29) is 22.7 Å². The molecule has 0 unspecified atom stereocenters. The van der Waals surface area contributed by atoms with Crippen LogP contribution in [0.5, 0.6) is 0 Å². The average Bonchev–Trinajstić information content (AvgIpc) is 3.11. The monoisotopic (exact) mass is 455 g/mol. The van der Waals surface area contributed by atoms with Crippen molar-refractivity contribution >= 4 is 44.3 Å². The van der Waals surface area contributed by atoms with Gasteiger partial charge in [-0.05, 0) is 52.3 Å². The van der Waals surface area contributed by atoms with Gasteiger partial charge in [0.2, 0.25) is 5.89 Å². The zero-order valence-corrected chi connectivity index (χ0v) is 16.1. The summed E-state index contributed by atoms with van der Waals surface area (Å²) in [4.78, 5) is 27.2. The molecule has 1 heterocycles. The van der Waals surface area contributed by atoms with Crippen molar-refractivity contribution in [2.24, 2.45) is 0 Å². The van der Waals surface area contributed by atoms with Crippen LogP contribution >= 0.6 is 15.9 Å². The summed E-state index contributed by atoms with van der Waals surface area (Å²) in [7, 11) is 0. The lowest BCUT2D eigenvalue weighted by atomic mass is 10.2. The molecule has 3 aromatic carbocycles. The molecule has 0 saturated carbocycles. The van der Waals surface area contributed by atoms with E-state index in [1.807, 2.05) is 0 Å². The molecule has 0 aliphatic carbocycles. The third kappa shape index (κ3) is 3.72. The van der Waals surface area contributed by atoms with Crippen molar-refractivity contribution in [2.75, 3.05) is 5.32 Å². The molecule has 1 amide bonds. The summed E-state index contributed by atoms with van der Waals surface area (Å²) in [5.41, 5.74) is 1.42. The van der Waals surface area contributed by atoms with Crippen molar-refractivity contribution in [3.63, 3.8) is 0 Å². The van der Waals surface area contributed by atoms with Gasteiger partial charge in [0.15, 0.2) is 5.58 Å². The van der Waals surface area contributed by atoms with Crippen LogP contribution in [0.4, 0.5) is 15.8 Å². The summed E-state index contributed by atoms with van der Waals surface area (Å²) in [5, 5.41) is 13.6. The Labute approximate surface area is 171 Å². The van der Waals surface area contributed by atoms with Gasteiger partial charge in [-0.25, -0.2) is 9.37 Å². The van der Waals surface area contributed by atoms with E-state index in [1.165, 1.54) is 24.3 Å². The number of aromatic nitrogens is 1. The highest BCUT2D eigenvalue weighted by Crippen LogP contribution is 2.28. The van der Waals surface area contributed by atoms with Crippen LogP contribution in [0.25, 0.3) is 22.6 Å². The van der Waals surface area contributed by atoms with Gasteiger partial charge in [-0.2, -0.15) is 0 Å². The maximum Gasteiger partial charge on any atom is 0.270 e. The fraction of sp³-hybridized carbons (Fsp3) is 0. The number of nitrogens with zero attached hydrogens (tertiary/aromatic N) is 2. The maximum absolute atomic E-state index is 14.0. The van der Waals surface area contributed by atoms with Gasteiger partial charge in [-0.3, -0.25) is 14.9 Å². The number of nitro benzene ring substituents is 1. The number of oxazole rings is 1. The Hall–Kier alpha value is -3.59. The Balaban J connectivity index is 1.64. The summed E-state index contributed by atoms with van der Waals surface area (Å²) >= 11 is 3.22. The number of anilines is 1. The van der Waals surface area contributed by atoms with Crippen molar-refractivity contribution in [1.82, 2.24) is 4.98 Å². The Kier molecular flexibility index (Phi) is 4.81. The van der Waals surface area contributed by atoms with E-state index in [0.29, 0.717) is 21.3 Å². The number of rotatable bonds is 4. The van der Waals surface area contributed by atoms with Crippen LogP contribution in [-0.4, -0.2) is 15.8 Å². The summed E-state index contributed by atoms with van der Waals surface area (Å²) < 4.78 is 20.0. The number of carbonyl (C=O) groups excluding carboxylic acids is 1. The molecule has 0 fully saturated rings. The Morgan fingerprint density at radius 2 is 1.93 bits per heavy atom. The molecule has 1 N–H and O–H groups in total. The molecule has 4 aromatic rings. The molecule has 144 valence electrons. The van der Waals surface area contributed by atoms with Gasteiger partial charge >= 0.3 is 0 Å². The van der Waals surface area contributed by atoms with Crippen molar-refractivity contribution in [3.8, 4) is 11.5 Å². The van der Waals surface area contributed by atoms with Gasteiger partial charge < -0.3 is 9.73 Å². The zero-order valence-electron chi connectivity index (χ0n) is 14.6. The minimum atomic E-state index is -0.574. The molecule has 4 rings (SSSR count). The molecule has 0 spiro atoms. The molecule has 1 aromatic heterocycles. The van der Waals surface area contributed by atoms with Crippen molar-refractivity contribution in [3.05, 3.63) is 86.6 Å². The number of amides is 1. The van der Waals surface area contributed by atoms with Crippen LogP contribution in [0.1, 0.15) is 10.4 Å². The lowest BCUT2D eigenvalue weighted by Gasteiger charge is -2.06. The third-order valence-corrected chi connectivity index (χ3v) is 4.85. The lowest BCUT2D eigenvalue weighted by molar-refractivity contribution is -0.384. The molecule has 29 heavy (non-hydrogen) atoms. The number of hydrogen-bond acceptors (Lipinski definition) is 5. The molecule has 0 aliphatic rings. The zero-order chi connectivity index (χ0) is 20.5. The SMILES string of the molecule is O=C(Nc1ccc2oc(-c3ccccc3F)nc2c1)c1cc([N+](=O)[O-])ccc1Br. The number of carbonyl (C=O) groups is 1. The van der Waals surface area contributed by atoms with Gasteiger partial charge in [0.25, 0.3) is 11.6 Å². The summed E-state index contributed by atoms with van der Waals surface area (Å²) in [6.45, 7) is 0. The first-order valence-electron chi connectivity index (χ1n) is 8.33. The molecular weight excluding hydrogens is 445 g/mol. The second-order valence-electron chi connectivity index (χ2n) is 6.06. The number of non-ortho nitro benzene ring substituents is 1. The van der Waals surface area contributed by atoms with Gasteiger partial charge in [-0.1, -0.05) is 12.1 Å². The summed E-state index contributed by atoms with van der Waals surface area (Å²) in [6, 6.07) is 14.8. The predicted molar refractivity (Wildman–Crippen MR) is 108 cm³/mol. The van der Waals surface area contributed by atoms with Crippen molar-refractivity contribution in [1.29, 1.82) is 0 Å². The van der Waals surface area contributed by atoms with E-state index in [0.717, 1.165) is 0 Å². The van der Waals surface area contributed by atoms with Gasteiger partial charge in [0.05, 0.1) is 16.1 Å². The predicted octanol–water partition coefficient (Wildman–Crippen LogP) is 5.56. The quantitative estimate of drug-likeness (QED) is 0.321. The number of nitro groups is 1. The highest BCUT2D eigenvalue weighted by Gasteiger charge is 2.17. The Bertz CT molecular complexity index is 1270. The molecule has 0 aliphatic heterocycles. The third-order valence-electron chi connectivity index (χ3n) is 4.16. The Morgan fingerprint density at radius 1 is 1.14 bits per heavy atom. The van der Waals surface area contributed by atoms with Crippen LogP contribution < -0.4 is 5.32 Å². The van der Waals surface area contributed by atoms with Crippen molar-refractivity contribution in [2.45, 2.75) is 0 Å². The average molecular weight is 456 g/mol. The summed E-state index contributed by atoms with van der Waals surface area (Å²) in [6.07, 6.45) is 0. The van der Waals surface area contributed by atoms with E-state index < -0.39 is 16.6 Å². The lowest BCUT2D eigenvalue weighted by Crippen LogP contribution is -2.12. The van der Waals surface area contributed by atoms with Crippen LogP contribution in [0.3, 0.4) is 0 Å². The Morgan fingerprint density at radius 3 is 2.69 bits per heavy atom. The smallest absolute Gasteiger partial charge is 0.270 e. The van der Waals surface area contributed by atoms with E-state index in [1.54, 1.807) is 36.4 Å². The molecular formula is C20H11BrFN3O4. The largest absolute Gasteiger partial charge is 0.436 e. The standard InChI is InChI=1S/C20H11BrFN3O4/c21-15-7-6-12(25(27)28)10-14(15)19(26)23-11-5-8-18-17(9-11)24-20(29-18)13-3-1-2-4-16(13)22/h1-10H,(H,23,26). The molecule has 0 atom stereocenters.